The van der Waals surface area contributed by atoms with E-state index in [1.165, 1.54) is 63.7 Å². The Balaban J connectivity index is 0.720. The number of ether oxygens (including phenoxy) is 2. The molecule has 3 aliphatic heterocycles. The smallest absolute Gasteiger partial charge is 0.480 e. The van der Waals surface area contributed by atoms with Crippen LogP contribution in [0.5, 0.6) is 11.5 Å². The summed E-state index contributed by atoms with van der Waals surface area (Å²) < 4.78 is 27.8. The molecule has 3 heterocycles. The lowest BCUT2D eigenvalue weighted by Crippen LogP contribution is -2.52. The van der Waals surface area contributed by atoms with Crippen LogP contribution in [0.25, 0.3) is 21.5 Å². The van der Waals surface area contributed by atoms with Gasteiger partial charge in [-0.1, -0.05) is 76.5 Å². The lowest BCUT2D eigenvalue weighted by molar-refractivity contribution is -0.142. The van der Waals surface area contributed by atoms with Crippen molar-refractivity contribution in [2.75, 3.05) is 80.7 Å². The van der Waals surface area contributed by atoms with E-state index in [0.29, 0.717) is 71.8 Å². The SMILES string of the molecule is CN(CCN(C)C(=O)Oc1cc2c(c3ccccc13)[C@H](CCl)CN2C(=O)C12CC3(C(=O)N4C[C@@H](CCl)c5c4cc(OP(=O)(O)O)c4ccccc54)CC13C2)C(=O)OCCSSC(C)(C)[C@H](NC(=O)CCCCCN1C(=O)C=CC1=O)C(=O)O. The number of unbranched alkanes of at least 4 members (excludes halogenated alkanes) is 2. The number of likely N-dealkylation sites (N-methyl/N-ethyl adjacent to an activating group) is 2. The van der Waals surface area contributed by atoms with Crippen LogP contribution in [0.1, 0.15) is 81.8 Å². The minimum absolute atomic E-state index is 0.0102. The second-order valence-corrected chi connectivity index (χ2v) is 27.6. The summed E-state index contributed by atoms with van der Waals surface area (Å²) in [6, 6.07) is 16.5. The number of carbonyl (C=O) groups excluding carboxylic acids is 7. The number of amides is 7. The number of hydrogen-bond acceptors (Lipinski definition) is 14. The van der Waals surface area contributed by atoms with Gasteiger partial charge in [0.05, 0.1) is 27.0 Å². The average molecular weight is 1240 g/mol. The van der Waals surface area contributed by atoms with Gasteiger partial charge in [-0.2, -0.15) is 0 Å². The van der Waals surface area contributed by atoms with Crippen LogP contribution in [0.3, 0.4) is 0 Å². The number of fused-ring (bicyclic) bond motifs is 6. The first-order valence-corrected chi connectivity index (χ1v) is 32.1. The molecule has 6 aliphatic rings. The van der Waals surface area contributed by atoms with Gasteiger partial charge >= 0.3 is 26.0 Å². The molecule has 83 heavy (non-hydrogen) atoms. The number of hydrogen-bond donors (Lipinski definition) is 4. The van der Waals surface area contributed by atoms with Gasteiger partial charge in [0.25, 0.3) is 11.8 Å². The summed E-state index contributed by atoms with van der Waals surface area (Å²) in [6.45, 7) is 4.29. The van der Waals surface area contributed by atoms with Crippen LogP contribution in [0, 0.1) is 16.2 Å². The molecule has 6 atom stereocenters. The van der Waals surface area contributed by atoms with Crippen LogP contribution >= 0.6 is 52.6 Å². The molecule has 0 aromatic heterocycles. The summed E-state index contributed by atoms with van der Waals surface area (Å²) in [6.07, 6.45) is 3.99. The fraction of sp³-hybridized carbons (Fsp3) is 0.474. The zero-order valence-corrected chi connectivity index (χ0v) is 50.0. The highest BCUT2D eigenvalue weighted by molar-refractivity contribution is 8.77. The quantitative estimate of drug-likeness (QED) is 0.0169. The Kier molecular flexibility index (Phi) is 16.7. The molecule has 26 heteroatoms. The molecule has 0 radical (unpaired) electrons. The number of phosphoric acid groups is 1. The van der Waals surface area contributed by atoms with E-state index >= 15 is 4.79 Å². The molecule has 4 N–H and O–H groups in total. The van der Waals surface area contributed by atoms with Gasteiger partial charge in [0.2, 0.25) is 17.7 Å². The number of phosphoric ester groups is 1. The van der Waals surface area contributed by atoms with Gasteiger partial charge in [0, 0.05) is 123 Å². The topological polar surface area (TPSA) is 270 Å². The van der Waals surface area contributed by atoms with Gasteiger partial charge in [-0.25, -0.2) is 18.9 Å². The molecule has 3 saturated carbocycles. The Hall–Kier alpha value is -6.07. The number of nitrogens with one attached hydrogen (secondary N) is 1. The third kappa shape index (κ3) is 11.0. The maximum absolute atomic E-state index is 15.1. The number of nitrogens with zero attached hydrogens (tertiary/aromatic N) is 5. The highest BCUT2D eigenvalue weighted by atomic mass is 35.5. The van der Waals surface area contributed by atoms with Crippen molar-refractivity contribution in [2.24, 2.45) is 16.2 Å². The summed E-state index contributed by atoms with van der Waals surface area (Å²) >= 11 is 13.2. The van der Waals surface area contributed by atoms with Crippen LogP contribution in [-0.4, -0.2) is 159 Å². The molecule has 3 unspecified atom stereocenters. The number of carboxylic acid groups (broad SMARTS) is 1. The lowest BCUT2D eigenvalue weighted by atomic mass is 9.72. The zero-order valence-electron chi connectivity index (χ0n) is 46.0. The maximum Gasteiger partial charge on any atom is 0.524 e. The van der Waals surface area contributed by atoms with E-state index in [2.05, 4.69) is 5.32 Å². The first-order chi connectivity index (χ1) is 39.4. The summed E-state index contributed by atoms with van der Waals surface area (Å²) in [7, 11) is 0.582. The minimum Gasteiger partial charge on any atom is -0.480 e. The van der Waals surface area contributed by atoms with Crippen LogP contribution < -0.4 is 24.4 Å². The summed E-state index contributed by atoms with van der Waals surface area (Å²) in [5, 5.41) is 15.2. The average Bonchev–Trinajstić information content (AvgIpc) is 1.40. The van der Waals surface area contributed by atoms with E-state index in [1.807, 2.05) is 30.3 Å². The molecule has 3 fully saturated rings. The van der Waals surface area contributed by atoms with Crippen molar-refractivity contribution < 1.29 is 71.8 Å². The molecule has 10 rings (SSSR count). The summed E-state index contributed by atoms with van der Waals surface area (Å²) in [5.41, 5.74) is 0.538. The van der Waals surface area contributed by atoms with Gasteiger partial charge in [-0.15, -0.1) is 23.2 Å². The van der Waals surface area contributed by atoms with Gasteiger partial charge in [0.1, 0.15) is 24.1 Å². The number of imide groups is 1. The summed E-state index contributed by atoms with van der Waals surface area (Å²) in [4.78, 5) is 132. The lowest BCUT2D eigenvalue weighted by Gasteiger charge is -2.37. The number of halogens is 2. The standard InChI is InChI=1S/C57H63Cl2N6O15PS2/c1-54(2,48(49(69)70)60-43(66)16-6-5-11-19-63-44(67)17-18-45(63)68)83-82-23-22-78-52(73)61(3)20-21-62(4)53(74)79-41-24-39-46(37-14-9-7-12-35(37)41)33(26-58)28-64(39)50(71)55-30-56(32-57(55,56)31-55)51(72)65-29-34(27-59)47-38-15-10-8-13-36(38)42(25-40(47)65)80-81(75,76)77/h7-10,12-15,17-18,24-25,33-34,48H,5-6,11,16,19-23,26-32H2,1-4H3,(H,60,66)(H,69,70)(H2,75,76,77)/t33-,34-,48-,55?,56?,57?/m1/s1. The molecule has 21 nitrogen and oxygen atoms in total. The Morgan fingerprint density at radius 3 is 1.81 bits per heavy atom. The predicted molar refractivity (Wildman–Crippen MR) is 314 cm³/mol. The van der Waals surface area contributed by atoms with Crippen molar-refractivity contribution in [1.29, 1.82) is 0 Å². The van der Waals surface area contributed by atoms with Crippen molar-refractivity contribution >= 4 is 133 Å². The molecule has 1 spiro atoms. The molecule has 7 amide bonds. The normalized spacial score (nSPS) is 23.0. The molecule has 4 aromatic carbocycles. The second-order valence-electron chi connectivity index (χ2n) is 22.7. The van der Waals surface area contributed by atoms with Gasteiger partial charge in [-0.3, -0.25) is 38.7 Å². The molecular weight excluding hydrogens is 1170 g/mol. The van der Waals surface area contributed by atoms with Crippen LogP contribution in [0.15, 0.2) is 72.8 Å². The first kappa shape index (κ1) is 60.1. The van der Waals surface area contributed by atoms with Crippen molar-refractivity contribution in [3.05, 3.63) is 83.9 Å². The van der Waals surface area contributed by atoms with Crippen molar-refractivity contribution in [1.82, 2.24) is 20.0 Å². The highest BCUT2D eigenvalue weighted by Gasteiger charge is 3.01. The predicted octanol–water partition coefficient (Wildman–Crippen LogP) is 8.39. The van der Waals surface area contributed by atoms with Crippen molar-refractivity contribution in [3.63, 3.8) is 0 Å². The van der Waals surface area contributed by atoms with Crippen molar-refractivity contribution in [2.45, 2.75) is 81.4 Å². The third-order valence-electron chi connectivity index (χ3n) is 17.2. The Morgan fingerprint density at radius 1 is 0.771 bits per heavy atom. The monoisotopic (exact) mass is 1240 g/mol. The summed E-state index contributed by atoms with van der Waals surface area (Å²) in [5.74, 6) is -2.30. The first-order valence-electron chi connectivity index (χ1n) is 27.2. The molecule has 0 bridgehead atoms. The van der Waals surface area contributed by atoms with Gasteiger partial charge in [-0.05, 0) is 67.9 Å². The molecule has 4 aromatic rings. The number of benzene rings is 4. The van der Waals surface area contributed by atoms with E-state index in [9.17, 15) is 53.0 Å². The molecule has 0 saturated heterocycles. The number of aliphatic carboxylic acids is 1. The Labute approximate surface area is 496 Å². The largest absolute Gasteiger partial charge is 0.524 e. The molecule has 3 aliphatic carbocycles. The number of carbonyl (C=O) groups is 8. The van der Waals surface area contributed by atoms with Crippen molar-refractivity contribution in [3.8, 4) is 11.5 Å². The van der Waals surface area contributed by atoms with Gasteiger partial charge in [0.15, 0.2) is 0 Å². The molecule has 442 valence electrons. The Morgan fingerprint density at radius 2 is 1.29 bits per heavy atom. The fourth-order valence-corrected chi connectivity index (χ4v) is 16.3. The minimum atomic E-state index is -4.97. The number of alkyl halides is 2. The van der Waals surface area contributed by atoms with Crippen LogP contribution in [0.4, 0.5) is 21.0 Å². The van der Waals surface area contributed by atoms with E-state index in [4.69, 9.17) is 37.2 Å². The van der Waals surface area contributed by atoms with E-state index in [0.717, 1.165) is 21.4 Å². The van der Waals surface area contributed by atoms with Gasteiger partial charge < -0.3 is 44.0 Å². The second kappa shape index (κ2) is 23.1. The Bertz CT molecular complexity index is 3440. The number of anilines is 2. The zero-order chi connectivity index (χ0) is 59.6. The number of rotatable bonds is 24. The van der Waals surface area contributed by atoms with E-state index in [1.54, 1.807) is 47.9 Å². The van der Waals surface area contributed by atoms with E-state index in [-0.39, 0.29) is 104 Å². The third-order valence-corrected chi connectivity index (χ3v) is 21.7. The van der Waals surface area contributed by atoms with Crippen LogP contribution in [-0.2, 0) is 38.1 Å². The number of carboxylic acids is 1. The van der Waals surface area contributed by atoms with E-state index < -0.39 is 58.9 Å². The maximum atomic E-state index is 15.1. The fourth-order valence-electron chi connectivity index (χ4n) is 13.0. The molecular formula is C57H63Cl2N6O15PS2. The van der Waals surface area contributed by atoms with Crippen LogP contribution in [0.2, 0.25) is 0 Å². The highest BCUT2D eigenvalue weighted by Crippen LogP contribution is 3.01.